The highest BCUT2D eigenvalue weighted by Crippen LogP contribution is 2.07. The molecule has 1 rings (SSSR count). The number of benzene rings is 1. The highest BCUT2D eigenvalue weighted by atomic mass is 16.5. The number of hydrogen-bond acceptors (Lipinski definition) is 4. The van der Waals surface area contributed by atoms with Crippen LogP contribution in [0.15, 0.2) is 35.4 Å². The predicted octanol–water partition coefficient (Wildman–Crippen LogP) is 2.07. The van der Waals surface area contributed by atoms with Gasteiger partial charge in [-0.15, -0.1) is 0 Å². The third-order valence-corrected chi connectivity index (χ3v) is 2.77. The molecule has 0 spiro atoms. The van der Waals surface area contributed by atoms with E-state index in [2.05, 4.69) is 10.0 Å². The van der Waals surface area contributed by atoms with E-state index in [0.29, 0.717) is 26.1 Å². The number of azide groups is 1. The Labute approximate surface area is 117 Å². The molecular formula is C13H18N4O3. The third kappa shape index (κ3) is 5.71. The molecule has 0 aliphatic rings. The number of aliphatic carboxylic acids is 1. The Morgan fingerprint density at radius 2 is 2.15 bits per heavy atom. The molecule has 2 atom stereocenters. The molecule has 0 saturated carbocycles. The number of carboxylic acids is 1. The number of nitrogens with two attached hydrogens (primary N) is 1. The van der Waals surface area contributed by atoms with Crippen molar-refractivity contribution in [3.8, 4) is 0 Å². The first-order valence-corrected chi connectivity index (χ1v) is 6.29. The standard InChI is InChI=1S/C13H18N4O3/c14-11(12(13(18)19)16-17-15)7-4-8-20-9-10-5-2-1-3-6-10/h1-3,5-6,11-12H,4,7-9,14H2,(H,18,19)/t11-,12+/m1/s1. The molecule has 3 N–H and O–H groups in total. The van der Waals surface area contributed by atoms with E-state index in [-0.39, 0.29) is 0 Å². The van der Waals surface area contributed by atoms with Crippen LogP contribution in [0, 0.1) is 0 Å². The lowest BCUT2D eigenvalue weighted by molar-refractivity contribution is -0.139. The molecule has 0 aliphatic carbocycles. The monoisotopic (exact) mass is 278 g/mol. The smallest absolute Gasteiger partial charge is 0.314 e. The third-order valence-electron chi connectivity index (χ3n) is 2.77. The maximum Gasteiger partial charge on any atom is 0.314 e. The molecule has 20 heavy (non-hydrogen) atoms. The zero-order valence-corrected chi connectivity index (χ0v) is 11.1. The Balaban J connectivity index is 2.23. The summed E-state index contributed by atoms with van der Waals surface area (Å²) in [6.45, 7) is 0.986. The lowest BCUT2D eigenvalue weighted by Gasteiger charge is -2.15. The largest absolute Gasteiger partial charge is 0.481 e. The quantitative estimate of drug-likeness (QED) is 0.311. The average Bonchev–Trinajstić information content (AvgIpc) is 2.45. The summed E-state index contributed by atoms with van der Waals surface area (Å²) in [5, 5.41) is 12.0. The molecule has 108 valence electrons. The Hall–Kier alpha value is -2.08. The first-order valence-electron chi connectivity index (χ1n) is 6.29. The number of nitrogens with zero attached hydrogens (tertiary/aromatic N) is 3. The van der Waals surface area contributed by atoms with E-state index in [4.69, 9.17) is 21.1 Å². The molecule has 0 unspecified atom stereocenters. The molecule has 1 aromatic rings. The van der Waals surface area contributed by atoms with Gasteiger partial charge in [-0.05, 0) is 23.9 Å². The normalized spacial score (nSPS) is 13.2. The van der Waals surface area contributed by atoms with Crippen LogP contribution in [0.3, 0.4) is 0 Å². The van der Waals surface area contributed by atoms with Crippen molar-refractivity contribution in [3.63, 3.8) is 0 Å². The highest BCUT2D eigenvalue weighted by Gasteiger charge is 2.23. The molecular weight excluding hydrogens is 260 g/mol. The SMILES string of the molecule is [N-]=[N+]=N[C@H](C(=O)O)[C@H](N)CCCOCc1ccccc1. The summed E-state index contributed by atoms with van der Waals surface area (Å²) in [7, 11) is 0. The van der Waals surface area contributed by atoms with Gasteiger partial charge in [-0.1, -0.05) is 35.4 Å². The maximum atomic E-state index is 10.8. The lowest BCUT2D eigenvalue weighted by atomic mass is 10.1. The predicted molar refractivity (Wildman–Crippen MR) is 73.9 cm³/mol. The molecule has 0 saturated heterocycles. The van der Waals surface area contributed by atoms with E-state index < -0.39 is 18.1 Å². The van der Waals surface area contributed by atoms with E-state index in [1.54, 1.807) is 0 Å². The van der Waals surface area contributed by atoms with Gasteiger partial charge in [0.05, 0.1) is 6.61 Å². The number of hydrogen-bond donors (Lipinski definition) is 2. The Bertz CT molecular complexity index is 458. The first kappa shape index (κ1) is 16.0. The number of rotatable bonds is 9. The second kappa shape index (κ2) is 8.92. The summed E-state index contributed by atoms with van der Waals surface area (Å²) in [5.74, 6) is -1.21. The summed E-state index contributed by atoms with van der Waals surface area (Å²) in [6, 6.07) is 7.81. The van der Waals surface area contributed by atoms with Crippen LogP contribution >= 0.6 is 0 Å². The zero-order valence-electron chi connectivity index (χ0n) is 11.1. The molecule has 0 radical (unpaired) electrons. The van der Waals surface area contributed by atoms with Crippen molar-refractivity contribution in [2.75, 3.05) is 6.61 Å². The number of ether oxygens (including phenoxy) is 1. The first-order chi connectivity index (χ1) is 9.65. The van der Waals surface area contributed by atoms with Gasteiger partial charge in [-0.2, -0.15) is 0 Å². The fourth-order valence-corrected chi connectivity index (χ4v) is 1.72. The van der Waals surface area contributed by atoms with Crippen LogP contribution in [0.25, 0.3) is 10.4 Å². The molecule has 0 fully saturated rings. The van der Waals surface area contributed by atoms with Gasteiger partial charge in [0.15, 0.2) is 0 Å². The van der Waals surface area contributed by atoms with Crippen LogP contribution in [0.2, 0.25) is 0 Å². The van der Waals surface area contributed by atoms with Crippen LogP contribution < -0.4 is 5.73 Å². The van der Waals surface area contributed by atoms with Crippen molar-refractivity contribution in [2.45, 2.75) is 31.5 Å². The summed E-state index contributed by atoms with van der Waals surface area (Å²) >= 11 is 0. The molecule has 0 heterocycles. The van der Waals surface area contributed by atoms with E-state index in [0.717, 1.165) is 5.56 Å². The van der Waals surface area contributed by atoms with E-state index in [9.17, 15) is 4.79 Å². The van der Waals surface area contributed by atoms with Crippen molar-refractivity contribution >= 4 is 5.97 Å². The van der Waals surface area contributed by atoms with Crippen molar-refractivity contribution < 1.29 is 14.6 Å². The average molecular weight is 278 g/mol. The molecule has 0 bridgehead atoms. The highest BCUT2D eigenvalue weighted by molar-refractivity contribution is 5.74. The molecule has 0 amide bonds. The topological polar surface area (TPSA) is 121 Å². The summed E-state index contributed by atoms with van der Waals surface area (Å²) in [4.78, 5) is 13.3. The van der Waals surface area contributed by atoms with Crippen molar-refractivity contribution in [1.82, 2.24) is 0 Å². The summed E-state index contributed by atoms with van der Waals surface area (Å²) < 4.78 is 5.46. The Kier molecular flexibility index (Phi) is 7.13. The zero-order chi connectivity index (χ0) is 14.8. The number of carbonyl (C=O) groups is 1. The summed E-state index contributed by atoms with van der Waals surface area (Å²) in [5.41, 5.74) is 15.1. The van der Waals surface area contributed by atoms with Crippen LogP contribution in [-0.4, -0.2) is 29.8 Å². The van der Waals surface area contributed by atoms with Gasteiger partial charge in [-0.3, -0.25) is 4.79 Å². The Morgan fingerprint density at radius 1 is 1.45 bits per heavy atom. The van der Waals surface area contributed by atoms with Crippen molar-refractivity contribution in [1.29, 1.82) is 0 Å². The van der Waals surface area contributed by atoms with E-state index in [1.807, 2.05) is 30.3 Å². The van der Waals surface area contributed by atoms with Gasteiger partial charge in [0.1, 0.15) is 6.04 Å². The molecule has 7 heteroatoms. The minimum Gasteiger partial charge on any atom is -0.481 e. The second-order valence-electron chi connectivity index (χ2n) is 4.33. The minimum atomic E-state index is -1.23. The second-order valence-corrected chi connectivity index (χ2v) is 4.33. The molecule has 7 nitrogen and oxygen atoms in total. The van der Waals surface area contributed by atoms with Crippen LogP contribution in [0.5, 0.6) is 0 Å². The molecule has 0 aromatic heterocycles. The number of carboxylic acid groups (broad SMARTS) is 1. The van der Waals surface area contributed by atoms with Gasteiger partial charge in [0.25, 0.3) is 0 Å². The van der Waals surface area contributed by atoms with Crippen LogP contribution in [0.4, 0.5) is 0 Å². The van der Waals surface area contributed by atoms with Crippen molar-refractivity contribution in [2.24, 2.45) is 10.8 Å². The van der Waals surface area contributed by atoms with Crippen LogP contribution in [-0.2, 0) is 16.1 Å². The maximum absolute atomic E-state index is 10.8. The summed E-state index contributed by atoms with van der Waals surface area (Å²) in [6.07, 6.45) is 1.03. The van der Waals surface area contributed by atoms with E-state index in [1.165, 1.54) is 0 Å². The molecule has 0 aliphatic heterocycles. The fraction of sp³-hybridized carbons (Fsp3) is 0.462. The van der Waals surface area contributed by atoms with Gasteiger partial charge >= 0.3 is 5.97 Å². The minimum absolute atomic E-state index is 0.421. The van der Waals surface area contributed by atoms with Gasteiger partial charge in [0, 0.05) is 17.6 Å². The van der Waals surface area contributed by atoms with Crippen LogP contribution in [0.1, 0.15) is 18.4 Å². The van der Waals surface area contributed by atoms with E-state index >= 15 is 0 Å². The van der Waals surface area contributed by atoms with Crippen molar-refractivity contribution in [3.05, 3.63) is 46.3 Å². The Morgan fingerprint density at radius 3 is 2.75 bits per heavy atom. The van der Waals surface area contributed by atoms with Gasteiger partial charge in [-0.25, -0.2) is 0 Å². The lowest BCUT2D eigenvalue weighted by Crippen LogP contribution is -2.39. The van der Waals surface area contributed by atoms with Gasteiger partial charge in [0.2, 0.25) is 0 Å². The van der Waals surface area contributed by atoms with Gasteiger partial charge < -0.3 is 15.6 Å². The molecule has 1 aromatic carbocycles. The fourth-order valence-electron chi connectivity index (χ4n) is 1.72.